The number of benzene rings is 1. The Labute approximate surface area is 152 Å². The van der Waals surface area contributed by atoms with Crippen LogP contribution < -0.4 is 10.6 Å². The summed E-state index contributed by atoms with van der Waals surface area (Å²) >= 11 is 0. The second-order valence-electron chi connectivity index (χ2n) is 6.79. The van der Waals surface area contributed by atoms with Gasteiger partial charge in [0.15, 0.2) is 5.69 Å². The smallest absolute Gasteiger partial charge is 0.271 e. The molecular formula is C20H23N5O. The molecular weight excluding hydrogens is 326 g/mol. The fourth-order valence-electron chi connectivity index (χ4n) is 3.55. The number of rotatable bonds is 6. The predicted octanol–water partition coefficient (Wildman–Crippen LogP) is 3.28. The molecule has 0 bridgehead atoms. The quantitative estimate of drug-likeness (QED) is 0.638. The fraction of sp³-hybridized carbons (Fsp3) is 0.350. The molecule has 3 N–H and O–H groups in total. The first-order chi connectivity index (χ1) is 12.8. The van der Waals surface area contributed by atoms with Gasteiger partial charge in [-0.25, -0.2) is 0 Å². The summed E-state index contributed by atoms with van der Waals surface area (Å²) in [5.74, 6) is 0.553. The van der Waals surface area contributed by atoms with Crippen molar-refractivity contribution in [3.05, 3.63) is 53.9 Å². The molecule has 1 aliphatic rings. The maximum atomic E-state index is 12.3. The summed E-state index contributed by atoms with van der Waals surface area (Å²) in [6, 6.07) is 12.2. The lowest BCUT2D eigenvalue weighted by atomic mass is 10.1. The number of aromatic amines is 1. The van der Waals surface area contributed by atoms with Crippen molar-refractivity contribution in [1.29, 1.82) is 0 Å². The third-order valence-corrected chi connectivity index (χ3v) is 4.96. The standard InChI is InChI=1S/C20H23N5O/c26-20(18-9-10-19(25-24-18)23-15-5-1-2-6-15)21-12-11-14-13-22-17-8-4-3-7-16(14)17/h3-4,7-10,13,15,22H,1-2,5-6,11-12H2,(H,21,26)(H,23,25). The van der Waals surface area contributed by atoms with Crippen LogP contribution in [0.25, 0.3) is 10.9 Å². The predicted molar refractivity (Wildman–Crippen MR) is 102 cm³/mol. The Morgan fingerprint density at radius 2 is 1.96 bits per heavy atom. The van der Waals surface area contributed by atoms with E-state index in [1.165, 1.54) is 36.6 Å². The average molecular weight is 349 g/mol. The second-order valence-corrected chi connectivity index (χ2v) is 6.79. The van der Waals surface area contributed by atoms with Gasteiger partial charge in [-0.2, -0.15) is 0 Å². The van der Waals surface area contributed by atoms with E-state index >= 15 is 0 Å². The number of H-pyrrole nitrogens is 1. The molecule has 0 unspecified atom stereocenters. The molecule has 3 aromatic rings. The highest BCUT2D eigenvalue weighted by Crippen LogP contribution is 2.21. The highest BCUT2D eigenvalue weighted by atomic mass is 16.1. The van der Waals surface area contributed by atoms with E-state index in [1.807, 2.05) is 30.5 Å². The van der Waals surface area contributed by atoms with Crippen LogP contribution in [0, 0.1) is 0 Å². The molecule has 6 heteroatoms. The number of carbonyl (C=O) groups excluding carboxylic acids is 1. The van der Waals surface area contributed by atoms with Gasteiger partial charge in [0.1, 0.15) is 5.82 Å². The second kappa shape index (κ2) is 7.56. The summed E-state index contributed by atoms with van der Waals surface area (Å²) in [6.45, 7) is 0.560. The van der Waals surface area contributed by atoms with Crippen molar-refractivity contribution in [2.24, 2.45) is 0 Å². The van der Waals surface area contributed by atoms with Crippen molar-refractivity contribution in [1.82, 2.24) is 20.5 Å². The van der Waals surface area contributed by atoms with E-state index in [0.717, 1.165) is 17.8 Å². The Morgan fingerprint density at radius 3 is 2.77 bits per heavy atom. The van der Waals surface area contributed by atoms with Crippen LogP contribution >= 0.6 is 0 Å². The van der Waals surface area contributed by atoms with E-state index in [0.29, 0.717) is 18.3 Å². The summed E-state index contributed by atoms with van der Waals surface area (Å²) < 4.78 is 0. The first kappa shape index (κ1) is 16.6. The number of carbonyl (C=O) groups is 1. The number of nitrogens with one attached hydrogen (secondary N) is 3. The Bertz CT molecular complexity index is 881. The lowest BCUT2D eigenvalue weighted by Crippen LogP contribution is -2.27. The molecule has 1 saturated carbocycles. The Morgan fingerprint density at radius 1 is 1.12 bits per heavy atom. The molecule has 0 aliphatic heterocycles. The Hall–Kier alpha value is -2.89. The number of hydrogen-bond donors (Lipinski definition) is 3. The van der Waals surface area contributed by atoms with Crippen molar-refractivity contribution in [2.75, 3.05) is 11.9 Å². The van der Waals surface area contributed by atoms with E-state index in [-0.39, 0.29) is 5.91 Å². The van der Waals surface area contributed by atoms with E-state index in [2.05, 4.69) is 31.9 Å². The zero-order valence-electron chi connectivity index (χ0n) is 14.7. The van der Waals surface area contributed by atoms with Gasteiger partial charge < -0.3 is 15.6 Å². The molecule has 1 aromatic carbocycles. The zero-order valence-corrected chi connectivity index (χ0v) is 14.7. The molecule has 1 aliphatic carbocycles. The van der Waals surface area contributed by atoms with Crippen molar-refractivity contribution in [3.8, 4) is 0 Å². The van der Waals surface area contributed by atoms with E-state index in [9.17, 15) is 4.79 Å². The Balaban J connectivity index is 1.30. The van der Waals surface area contributed by atoms with Crippen LogP contribution in [0.2, 0.25) is 0 Å². The van der Waals surface area contributed by atoms with Crippen LogP contribution in [-0.4, -0.2) is 33.7 Å². The van der Waals surface area contributed by atoms with Gasteiger partial charge in [0, 0.05) is 29.7 Å². The largest absolute Gasteiger partial charge is 0.366 e. The van der Waals surface area contributed by atoms with Crippen molar-refractivity contribution >= 4 is 22.6 Å². The molecule has 2 heterocycles. The van der Waals surface area contributed by atoms with E-state index < -0.39 is 0 Å². The minimum atomic E-state index is -0.190. The number of anilines is 1. The molecule has 1 amide bonds. The normalized spacial score (nSPS) is 14.6. The third-order valence-electron chi connectivity index (χ3n) is 4.96. The van der Waals surface area contributed by atoms with Gasteiger partial charge >= 0.3 is 0 Å². The van der Waals surface area contributed by atoms with Gasteiger partial charge in [-0.1, -0.05) is 31.0 Å². The molecule has 0 radical (unpaired) electrons. The summed E-state index contributed by atoms with van der Waals surface area (Å²) in [7, 11) is 0. The Kier molecular flexibility index (Phi) is 4.82. The first-order valence-corrected chi connectivity index (χ1v) is 9.23. The number of hydrogen-bond acceptors (Lipinski definition) is 4. The van der Waals surface area contributed by atoms with Crippen LogP contribution in [0.4, 0.5) is 5.82 Å². The van der Waals surface area contributed by atoms with Gasteiger partial charge in [-0.3, -0.25) is 4.79 Å². The highest BCUT2D eigenvalue weighted by Gasteiger charge is 2.15. The maximum absolute atomic E-state index is 12.3. The summed E-state index contributed by atoms with van der Waals surface area (Å²) in [4.78, 5) is 15.5. The van der Waals surface area contributed by atoms with Gasteiger partial charge in [-0.15, -0.1) is 10.2 Å². The van der Waals surface area contributed by atoms with E-state index in [1.54, 1.807) is 6.07 Å². The summed E-state index contributed by atoms with van der Waals surface area (Å²) in [6.07, 6.45) is 7.66. The van der Waals surface area contributed by atoms with Crippen LogP contribution in [0.5, 0.6) is 0 Å². The fourth-order valence-corrected chi connectivity index (χ4v) is 3.55. The molecule has 6 nitrogen and oxygen atoms in total. The zero-order chi connectivity index (χ0) is 17.8. The molecule has 26 heavy (non-hydrogen) atoms. The third kappa shape index (κ3) is 3.69. The summed E-state index contributed by atoms with van der Waals surface area (Å²) in [5.41, 5.74) is 2.66. The molecule has 0 saturated heterocycles. The lowest BCUT2D eigenvalue weighted by molar-refractivity contribution is 0.0948. The molecule has 0 atom stereocenters. The van der Waals surface area contributed by atoms with E-state index in [4.69, 9.17) is 0 Å². The van der Waals surface area contributed by atoms with Crippen molar-refractivity contribution < 1.29 is 4.79 Å². The average Bonchev–Trinajstić information content (AvgIpc) is 3.32. The SMILES string of the molecule is O=C(NCCc1c[nH]c2ccccc12)c1ccc(NC2CCCC2)nn1. The van der Waals surface area contributed by atoms with Gasteiger partial charge in [0.25, 0.3) is 5.91 Å². The number of para-hydroxylation sites is 1. The minimum Gasteiger partial charge on any atom is -0.366 e. The van der Waals surface area contributed by atoms with Crippen molar-refractivity contribution in [3.63, 3.8) is 0 Å². The molecule has 134 valence electrons. The number of amides is 1. The highest BCUT2D eigenvalue weighted by molar-refractivity contribution is 5.92. The number of aromatic nitrogens is 3. The monoisotopic (exact) mass is 349 g/mol. The topological polar surface area (TPSA) is 82.7 Å². The van der Waals surface area contributed by atoms with Crippen LogP contribution in [-0.2, 0) is 6.42 Å². The van der Waals surface area contributed by atoms with Gasteiger partial charge in [0.05, 0.1) is 0 Å². The molecule has 4 rings (SSSR count). The molecule has 1 fully saturated rings. The molecule has 0 spiro atoms. The van der Waals surface area contributed by atoms with Gasteiger partial charge in [0.2, 0.25) is 0 Å². The van der Waals surface area contributed by atoms with Crippen molar-refractivity contribution in [2.45, 2.75) is 38.1 Å². The first-order valence-electron chi connectivity index (χ1n) is 9.23. The van der Waals surface area contributed by atoms with Crippen LogP contribution in [0.3, 0.4) is 0 Å². The summed E-state index contributed by atoms with van der Waals surface area (Å²) in [5, 5.41) is 15.7. The number of nitrogens with zero attached hydrogens (tertiary/aromatic N) is 2. The number of fused-ring (bicyclic) bond motifs is 1. The van der Waals surface area contributed by atoms with Gasteiger partial charge in [-0.05, 0) is 43.0 Å². The lowest BCUT2D eigenvalue weighted by Gasteiger charge is -2.11. The maximum Gasteiger partial charge on any atom is 0.271 e. The molecule has 2 aromatic heterocycles. The minimum absolute atomic E-state index is 0.190. The van der Waals surface area contributed by atoms with Crippen LogP contribution in [0.1, 0.15) is 41.7 Å². The van der Waals surface area contributed by atoms with Crippen LogP contribution in [0.15, 0.2) is 42.6 Å².